The molecule has 1 N–H and O–H groups in total. The summed E-state index contributed by atoms with van der Waals surface area (Å²) in [5, 5.41) is 3.55. The van der Waals surface area contributed by atoms with Crippen LogP contribution in [-0.4, -0.2) is 49.8 Å². The van der Waals surface area contributed by atoms with Crippen molar-refractivity contribution >= 4 is 0 Å². The molecule has 3 nitrogen and oxygen atoms in total. The number of likely N-dealkylation sites (tertiary alicyclic amines) is 1. The molecule has 3 heteroatoms. The van der Waals surface area contributed by atoms with Crippen LogP contribution in [0.5, 0.6) is 0 Å². The Labute approximate surface area is 113 Å². The third-order valence-electron chi connectivity index (χ3n) is 3.41. The van der Waals surface area contributed by atoms with E-state index in [4.69, 9.17) is 4.74 Å². The van der Waals surface area contributed by atoms with Gasteiger partial charge in [-0.15, -0.1) is 0 Å². The minimum atomic E-state index is -0.00211. The Morgan fingerprint density at radius 2 is 2.11 bits per heavy atom. The van der Waals surface area contributed by atoms with Crippen LogP contribution in [0.3, 0.4) is 0 Å². The number of hydrogen-bond acceptors (Lipinski definition) is 3. The van der Waals surface area contributed by atoms with E-state index < -0.39 is 0 Å². The molecule has 0 bridgehead atoms. The summed E-state index contributed by atoms with van der Waals surface area (Å²) < 4.78 is 5.81. The Hall–Kier alpha value is -0.120. The van der Waals surface area contributed by atoms with E-state index in [-0.39, 0.29) is 5.60 Å². The van der Waals surface area contributed by atoms with Crippen molar-refractivity contribution in [2.24, 2.45) is 5.92 Å². The van der Waals surface area contributed by atoms with Gasteiger partial charge in [-0.2, -0.15) is 0 Å². The number of nitrogens with one attached hydrogen (secondary N) is 1. The third-order valence-corrected chi connectivity index (χ3v) is 3.41. The molecule has 1 rings (SSSR count). The number of nitrogens with zero attached hydrogens (tertiary/aromatic N) is 1. The first-order valence-electron chi connectivity index (χ1n) is 7.58. The number of rotatable bonds is 7. The van der Waals surface area contributed by atoms with E-state index in [9.17, 15) is 0 Å². The molecule has 0 saturated carbocycles. The molecule has 108 valence electrons. The first-order chi connectivity index (χ1) is 8.51. The zero-order valence-corrected chi connectivity index (χ0v) is 12.8. The molecule has 0 aromatic heterocycles. The second-order valence-corrected chi connectivity index (χ2v) is 6.47. The van der Waals surface area contributed by atoms with Crippen molar-refractivity contribution in [2.75, 3.05) is 39.3 Å². The molecular formula is C15H32N2O. The maximum absolute atomic E-state index is 5.81. The number of piperidine rings is 1. The lowest BCUT2D eigenvalue weighted by Gasteiger charge is -2.33. The Morgan fingerprint density at radius 1 is 1.33 bits per heavy atom. The topological polar surface area (TPSA) is 24.5 Å². The summed E-state index contributed by atoms with van der Waals surface area (Å²) in [6, 6.07) is 0. The van der Waals surface area contributed by atoms with Gasteiger partial charge in [0.1, 0.15) is 0 Å². The molecule has 1 heterocycles. The molecule has 1 fully saturated rings. The van der Waals surface area contributed by atoms with Crippen LogP contribution in [0, 0.1) is 5.92 Å². The summed E-state index contributed by atoms with van der Waals surface area (Å²) in [5.74, 6) is 0.833. The quantitative estimate of drug-likeness (QED) is 0.708. The van der Waals surface area contributed by atoms with Crippen LogP contribution in [0.15, 0.2) is 0 Å². The van der Waals surface area contributed by atoms with Crippen molar-refractivity contribution in [1.29, 1.82) is 0 Å². The molecule has 18 heavy (non-hydrogen) atoms. The lowest BCUT2D eigenvalue weighted by atomic mass is 9.98. The molecule has 1 saturated heterocycles. The van der Waals surface area contributed by atoms with Gasteiger partial charge in [0.15, 0.2) is 0 Å². The van der Waals surface area contributed by atoms with Crippen molar-refractivity contribution in [3.05, 3.63) is 0 Å². The molecule has 0 spiro atoms. The van der Waals surface area contributed by atoms with Crippen LogP contribution < -0.4 is 5.32 Å². The monoisotopic (exact) mass is 256 g/mol. The van der Waals surface area contributed by atoms with Gasteiger partial charge >= 0.3 is 0 Å². The summed E-state index contributed by atoms with van der Waals surface area (Å²) in [6.07, 6.45) is 3.96. The van der Waals surface area contributed by atoms with Gasteiger partial charge in [0.25, 0.3) is 0 Å². The average molecular weight is 256 g/mol. The lowest BCUT2D eigenvalue weighted by Crippen LogP contribution is -2.41. The van der Waals surface area contributed by atoms with Crippen LogP contribution in [0.1, 0.15) is 47.0 Å². The Bertz CT molecular complexity index is 213. The average Bonchev–Trinajstić information content (AvgIpc) is 2.28. The fourth-order valence-corrected chi connectivity index (χ4v) is 2.48. The van der Waals surface area contributed by atoms with E-state index in [1.807, 2.05) is 0 Å². The molecule has 0 aromatic carbocycles. The normalized spacial score (nSPS) is 22.3. The molecule has 0 amide bonds. The van der Waals surface area contributed by atoms with Crippen LogP contribution >= 0.6 is 0 Å². The zero-order chi connectivity index (χ0) is 13.4. The molecule has 1 unspecified atom stereocenters. The summed E-state index contributed by atoms with van der Waals surface area (Å²) in [5.41, 5.74) is -0.00211. The second kappa shape index (κ2) is 8.13. The molecule has 1 atom stereocenters. The van der Waals surface area contributed by atoms with Gasteiger partial charge in [0.05, 0.1) is 12.2 Å². The van der Waals surface area contributed by atoms with Crippen molar-refractivity contribution in [1.82, 2.24) is 10.2 Å². The van der Waals surface area contributed by atoms with Crippen molar-refractivity contribution in [3.8, 4) is 0 Å². The van der Waals surface area contributed by atoms with E-state index >= 15 is 0 Å². The minimum absolute atomic E-state index is 0.00211. The molecule has 0 aliphatic carbocycles. The molecule has 1 aliphatic rings. The fourth-order valence-electron chi connectivity index (χ4n) is 2.48. The second-order valence-electron chi connectivity index (χ2n) is 6.47. The smallest absolute Gasteiger partial charge is 0.0600 e. The van der Waals surface area contributed by atoms with Gasteiger partial charge in [0, 0.05) is 13.1 Å². The summed E-state index contributed by atoms with van der Waals surface area (Å²) in [7, 11) is 0. The molecule has 0 radical (unpaired) electrons. The first kappa shape index (κ1) is 15.9. The van der Waals surface area contributed by atoms with Gasteiger partial charge < -0.3 is 15.0 Å². The van der Waals surface area contributed by atoms with Gasteiger partial charge in [-0.3, -0.25) is 0 Å². The summed E-state index contributed by atoms with van der Waals surface area (Å²) >= 11 is 0. The van der Waals surface area contributed by atoms with E-state index in [2.05, 4.69) is 37.9 Å². The van der Waals surface area contributed by atoms with Crippen molar-refractivity contribution in [2.45, 2.75) is 52.6 Å². The van der Waals surface area contributed by atoms with Crippen LogP contribution in [0.4, 0.5) is 0 Å². The van der Waals surface area contributed by atoms with E-state index in [1.165, 1.54) is 38.9 Å². The Kier molecular flexibility index (Phi) is 7.20. The van der Waals surface area contributed by atoms with E-state index in [0.29, 0.717) is 0 Å². The minimum Gasteiger partial charge on any atom is -0.375 e. The highest BCUT2D eigenvalue weighted by Crippen LogP contribution is 2.16. The Morgan fingerprint density at radius 3 is 2.78 bits per heavy atom. The first-order valence-corrected chi connectivity index (χ1v) is 7.58. The summed E-state index contributed by atoms with van der Waals surface area (Å²) in [4.78, 5) is 2.56. The SMILES string of the molecule is CCCNCC1CCCN(CCOC(C)(C)C)C1. The standard InChI is InChI=1S/C15H32N2O/c1-5-8-16-12-14-7-6-9-17(13-14)10-11-18-15(2,3)4/h14,16H,5-13H2,1-4H3. The highest BCUT2D eigenvalue weighted by molar-refractivity contribution is 4.74. The van der Waals surface area contributed by atoms with Crippen molar-refractivity contribution < 1.29 is 4.74 Å². The predicted octanol–water partition coefficient (Wildman–Crippen LogP) is 2.51. The molecule has 0 aromatic rings. The lowest BCUT2D eigenvalue weighted by molar-refractivity contribution is -0.0170. The Balaban J connectivity index is 2.14. The van der Waals surface area contributed by atoms with Crippen LogP contribution in [-0.2, 0) is 4.74 Å². The van der Waals surface area contributed by atoms with Gasteiger partial charge in [-0.05, 0) is 65.6 Å². The van der Waals surface area contributed by atoms with Gasteiger partial charge in [-0.25, -0.2) is 0 Å². The number of hydrogen-bond donors (Lipinski definition) is 1. The number of ether oxygens (including phenoxy) is 1. The highest BCUT2D eigenvalue weighted by Gasteiger charge is 2.19. The van der Waals surface area contributed by atoms with Crippen LogP contribution in [0.25, 0.3) is 0 Å². The van der Waals surface area contributed by atoms with Crippen LogP contribution in [0.2, 0.25) is 0 Å². The van der Waals surface area contributed by atoms with E-state index in [0.717, 1.165) is 25.6 Å². The van der Waals surface area contributed by atoms with E-state index in [1.54, 1.807) is 0 Å². The molecule has 1 aliphatic heterocycles. The van der Waals surface area contributed by atoms with Crippen molar-refractivity contribution in [3.63, 3.8) is 0 Å². The highest BCUT2D eigenvalue weighted by atomic mass is 16.5. The van der Waals surface area contributed by atoms with Gasteiger partial charge in [-0.1, -0.05) is 6.92 Å². The maximum Gasteiger partial charge on any atom is 0.0600 e. The largest absolute Gasteiger partial charge is 0.375 e. The maximum atomic E-state index is 5.81. The summed E-state index contributed by atoms with van der Waals surface area (Å²) in [6.45, 7) is 15.4. The molecular weight excluding hydrogens is 224 g/mol. The van der Waals surface area contributed by atoms with Gasteiger partial charge in [0.2, 0.25) is 0 Å². The predicted molar refractivity (Wildman–Crippen MR) is 78.0 cm³/mol. The fraction of sp³-hybridized carbons (Fsp3) is 1.00. The zero-order valence-electron chi connectivity index (χ0n) is 12.8. The third kappa shape index (κ3) is 7.34.